The molecule has 86 valence electrons. The molecule has 0 spiro atoms. The first kappa shape index (κ1) is 12.5. The predicted molar refractivity (Wildman–Crippen MR) is 64.5 cm³/mol. The molecular weight excluding hydrogens is 202 g/mol. The van der Waals surface area contributed by atoms with Crippen LogP contribution in [0.1, 0.15) is 11.5 Å². The molecule has 0 saturated carbocycles. The lowest BCUT2D eigenvalue weighted by molar-refractivity contribution is -0.142. The monoisotopic (exact) mass is 219 g/mol. The summed E-state index contributed by atoms with van der Waals surface area (Å²) in [6, 6.07) is 8.98. The summed E-state index contributed by atoms with van der Waals surface area (Å²) < 4.78 is 0. The van der Waals surface area contributed by atoms with Crippen LogP contribution in [0.3, 0.4) is 0 Å². The van der Waals surface area contributed by atoms with Crippen molar-refractivity contribution in [1.29, 1.82) is 0 Å². The number of aliphatic carboxylic acids is 1. The lowest BCUT2D eigenvalue weighted by Gasteiger charge is -2.27. The standard InChI is InChI=1S/C13H17NO2/c1-4-11(10-8-6-5-7-9-10)12(13(15)16)14(2)3/h4-9,11-12H,1H2,2-3H3,(H,15,16). The van der Waals surface area contributed by atoms with Gasteiger partial charge in [0.15, 0.2) is 0 Å². The molecule has 3 heteroatoms. The van der Waals surface area contributed by atoms with Gasteiger partial charge in [0.25, 0.3) is 0 Å². The zero-order valence-corrected chi connectivity index (χ0v) is 9.63. The fraction of sp³-hybridized carbons (Fsp3) is 0.308. The summed E-state index contributed by atoms with van der Waals surface area (Å²) in [5, 5.41) is 9.22. The van der Waals surface area contributed by atoms with E-state index < -0.39 is 12.0 Å². The van der Waals surface area contributed by atoms with Gasteiger partial charge in [-0.1, -0.05) is 36.4 Å². The van der Waals surface area contributed by atoms with Gasteiger partial charge in [-0.2, -0.15) is 0 Å². The average Bonchev–Trinajstić information content (AvgIpc) is 2.25. The molecule has 1 aromatic carbocycles. The van der Waals surface area contributed by atoms with Gasteiger partial charge in [0.05, 0.1) is 0 Å². The maximum absolute atomic E-state index is 11.2. The van der Waals surface area contributed by atoms with Gasteiger partial charge in [0.2, 0.25) is 0 Å². The molecule has 16 heavy (non-hydrogen) atoms. The Balaban J connectivity index is 3.05. The van der Waals surface area contributed by atoms with E-state index in [-0.39, 0.29) is 5.92 Å². The molecule has 0 aliphatic heterocycles. The van der Waals surface area contributed by atoms with Gasteiger partial charge >= 0.3 is 5.97 Å². The Kier molecular flexibility index (Phi) is 4.26. The third-order valence-corrected chi connectivity index (χ3v) is 2.59. The van der Waals surface area contributed by atoms with Gasteiger partial charge in [-0.05, 0) is 19.7 Å². The molecule has 1 aromatic rings. The molecule has 2 unspecified atom stereocenters. The number of likely N-dealkylation sites (N-methyl/N-ethyl adjacent to an activating group) is 1. The van der Waals surface area contributed by atoms with E-state index in [1.165, 1.54) is 0 Å². The quantitative estimate of drug-likeness (QED) is 0.770. The fourth-order valence-electron chi connectivity index (χ4n) is 1.82. The molecule has 1 N–H and O–H groups in total. The number of carboxylic acid groups (broad SMARTS) is 1. The van der Waals surface area contributed by atoms with E-state index in [0.717, 1.165) is 5.56 Å². The van der Waals surface area contributed by atoms with E-state index in [0.29, 0.717) is 0 Å². The number of benzene rings is 1. The summed E-state index contributed by atoms with van der Waals surface area (Å²) in [7, 11) is 3.52. The highest BCUT2D eigenvalue weighted by molar-refractivity contribution is 5.75. The topological polar surface area (TPSA) is 40.5 Å². The highest BCUT2D eigenvalue weighted by Gasteiger charge is 2.28. The zero-order chi connectivity index (χ0) is 12.1. The molecule has 0 aromatic heterocycles. The lowest BCUT2D eigenvalue weighted by Crippen LogP contribution is -2.40. The van der Waals surface area contributed by atoms with Crippen LogP contribution in [-0.2, 0) is 4.79 Å². The number of nitrogens with zero attached hydrogens (tertiary/aromatic N) is 1. The van der Waals surface area contributed by atoms with Gasteiger partial charge in [-0.25, -0.2) is 0 Å². The number of carbonyl (C=O) groups is 1. The number of rotatable bonds is 5. The van der Waals surface area contributed by atoms with Crippen molar-refractivity contribution in [2.45, 2.75) is 12.0 Å². The molecule has 0 fully saturated rings. The summed E-state index contributed by atoms with van der Waals surface area (Å²) in [6.45, 7) is 3.73. The first-order valence-corrected chi connectivity index (χ1v) is 5.14. The van der Waals surface area contributed by atoms with Crippen molar-refractivity contribution in [1.82, 2.24) is 4.90 Å². The summed E-state index contributed by atoms with van der Waals surface area (Å²) in [6.07, 6.45) is 1.69. The van der Waals surface area contributed by atoms with Crippen molar-refractivity contribution in [3.8, 4) is 0 Å². The second-order valence-corrected chi connectivity index (χ2v) is 3.92. The normalized spacial score (nSPS) is 14.4. The Morgan fingerprint density at radius 1 is 1.38 bits per heavy atom. The summed E-state index contributed by atoms with van der Waals surface area (Å²) in [5.41, 5.74) is 0.971. The van der Waals surface area contributed by atoms with Gasteiger partial charge in [-0.3, -0.25) is 9.69 Å². The number of hydrogen-bond donors (Lipinski definition) is 1. The molecule has 1 rings (SSSR count). The lowest BCUT2D eigenvalue weighted by atomic mass is 9.91. The van der Waals surface area contributed by atoms with Crippen molar-refractivity contribution in [3.63, 3.8) is 0 Å². The first-order valence-electron chi connectivity index (χ1n) is 5.14. The fourth-order valence-corrected chi connectivity index (χ4v) is 1.82. The maximum Gasteiger partial charge on any atom is 0.321 e. The van der Waals surface area contributed by atoms with E-state index in [1.54, 1.807) is 25.1 Å². The van der Waals surface area contributed by atoms with E-state index in [9.17, 15) is 9.90 Å². The average molecular weight is 219 g/mol. The molecule has 0 saturated heterocycles. The Morgan fingerprint density at radius 3 is 2.31 bits per heavy atom. The Morgan fingerprint density at radius 2 is 1.94 bits per heavy atom. The molecule has 0 amide bonds. The third-order valence-electron chi connectivity index (χ3n) is 2.59. The molecule has 3 nitrogen and oxygen atoms in total. The Hall–Kier alpha value is -1.61. The molecule has 0 radical (unpaired) electrons. The predicted octanol–water partition coefficient (Wildman–Crippen LogP) is 1.97. The van der Waals surface area contributed by atoms with Crippen LogP contribution in [0.5, 0.6) is 0 Å². The molecular formula is C13H17NO2. The van der Waals surface area contributed by atoms with Crippen molar-refractivity contribution in [3.05, 3.63) is 48.6 Å². The Bertz CT molecular complexity index is 359. The van der Waals surface area contributed by atoms with Crippen molar-refractivity contribution in [2.75, 3.05) is 14.1 Å². The van der Waals surface area contributed by atoms with Crippen molar-refractivity contribution in [2.24, 2.45) is 0 Å². The van der Waals surface area contributed by atoms with E-state index in [2.05, 4.69) is 6.58 Å². The van der Waals surface area contributed by atoms with E-state index in [4.69, 9.17) is 0 Å². The largest absolute Gasteiger partial charge is 0.480 e. The van der Waals surface area contributed by atoms with Crippen LogP contribution in [0.25, 0.3) is 0 Å². The third kappa shape index (κ3) is 2.70. The van der Waals surface area contributed by atoms with Crippen LogP contribution in [0, 0.1) is 0 Å². The Labute approximate surface area is 96.0 Å². The van der Waals surface area contributed by atoms with Crippen LogP contribution in [0.15, 0.2) is 43.0 Å². The van der Waals surface area contributed by atoms with Crippen LogP contribution in [0.2, 0.25) is 0 Å². The molecule has 0 heterocycles. The van der Waals surface area contributed by atoms with Crippen molar-refractivity contribution < 1.29 is 9.90 Å². The van der Waals surface area contributed by atoms with Gasteiger partial charge < -0.3 is 5.11 Å². The van der Waals surface area contributed by atoms with Crippen LogP contribution < -0.4 is 0 Å². The van der Waals surface area contributed by atoms with Crippen LogP contribution in [0.4, 0.5) is 0 Å². The number of hydrogen-bond acceptors (Lipinski definition) is 2. The van der Waals surface area contributed by atoms with Crippen LogP contribution >= 0.6 is 0 Å². The highest BCUT2D eigenvalue weighted by atomic mass is 16.4. The van der Waals surface area contributed by atoms with E-state index in [1.807, 2.05) is 30.3 Å². The summed E-state index contributed by atoms with van der Waals surface area (Å²) in [5.74, 6) is -1.03. The minimum atomic E-state index is -0.834. The molecule has 0 aliphatic rings. The smallest absolute Gasteiger partial charge is 0.321 e. The SMILES string of the molecule is C=CC(c1ccccc1)C(C(=O)O)N(C)C. The van der Waals surface area contributed by atoms with E-state index >= 15 is 0 Å². The van der Waals surface area contributed by atoms with Gasteiger partial charge in [0, 0.05) is 5.92 Å². The highest BCUT2D eigenvalue weighted by Crippen LogP contribution is 2.23. The van der Waals surface area contributed by atoms with Gasteiger partial charge in [0.1, 0.15) is 6.04 Å². The van der Waals surface area contributed by atoms with Crippen LogP contribution in [-0.4, -0.2) is 36.1 Å². The second-order valence-electron chi connectivity index (χ2n) is 3.92. The molecule has 2 atom stereocenters. The minimum absolute atomic E-state index is 0.200. The zero-order valence-electron chi connectivity index (χ0n) is 9.63. The maximum atomic E-state index is 11.2. The van der Waals surface area contributed by atoms with Crippen molar-refractivity contribution >= 4 is 5.97 Å². The summed E-state index contributed by atoms with van der Waals surface area (Å²) >= 11 is 0. The number of carboxylic acids is 1. The molecule has 0 bridgehead atoms. The van der Waals surface area contributed by atoms with Gasteiger partial charge in [-0.15, -0.1) is 6.58 Å². The second kappa shape index (κ2) is 5.47. The first-order chi connectivity index (χ1) is 7.57. The molecule has 0 aliphatic carbocycles. The summed E-state index contributed by atoms with van der Waals surface area (Å²) in [4.78, 5) is 12.9. The minimum Gasteiger partial charge on any atom is -0.480 e.